The third-order valence-electron chi connectivity index (χ3n) is 6.80. The van der Waals surface area contributed by atoms with Gasteiger partial charge in [-0.05, 0) is 36.3 Å². The van der Waals surface area contributed by atoms with E-state index in [4.69, 9.17) is 9.47 Å². The van der Waals surface area contributed by atoms with E-state index < -0.39 is 11.6 Å². The molecule has 0 aromatic heterocycles. The molecule has 0 spiro atoms. The quantitative estimate of drug-likeness (QED) is 0.435. The van der Waals surface area contributed by atoms with Crippen LogP contribution in [-0.2, 0) is 19.9 Å². The van der Waals surface area contributed by atoms with Crippen molar-refractivity contribution in [2.24, 2.45) is 17.8 Å². The van der Waals surface area contributed by atoms with E-state index in [9.17, 15) is 9.90 Å². The molecule has 2 fully saturated rings. The van der Waals surface area contributed by atoms with Crippen molar-refractivity contribution >= 4 is 5.97 Å². The van der Waals surface area contributed by atoms with E-state index in [0.29, 0.717) is 17.0 Å². The summed E-state index contributed by atoms with van der Waals surface area (Å²) in [5.74, 6) is 0.214. The van der Waals surface area contributed by atoms with E-state index in [2.05, 4.69) is 20.8 Å². The Hall–Kier alpha value is -2.30. The minimum atomic E-state index is -1.85. The zero-order valence-corrected chi connectivity index (χ0v) is 17.7. The SMILES string of the molecule is [CH2+]C(CC)C1CC(OC(=O)C(O)(c2ccccc2)c2ccccc2)CC(C)C2OC12. The van der Waals surface area contributed by atoms with Gasteiger partial charge < -0.3 is 14.6 Å². The molecule has 4 rings (SSSR count). The minimum Gasteiger partial charge on any atom is -0.460 e. The van der Waals surface area contributed by atoms with Crippen LogP contribution in [0.1, 0.15) is 44.2 Å². The summed E-state index contributed by atoms with van der Waals surface area (Å²) < 4.78 is 12.0. The Kier molecular flexibility index (Phi) is 5.90. The van der Waals surface area contributed by atoms with E-state index in [-0.39, 0.29) is 30.1 Å². The Morgan fingerprint density at radius 3 is 2.20 bits per heavy atom. The Balaban J connectivity index is 1.61. The highest BCUT2D eigenvalue weighted by atomic mass is 16.6. The maximum absolute atomic E-state index is 13.5. The molecule has 1 saturated heterocycles. The van der Waals surface area contributed by atoms with Crippen molar-refractivity contribution in [2.45, 2.75) is 57.0 Å². The maximum Gasteiger partial charge on any atom is 0.347 e. The second-order valence-corrected chi connectivity index (χ2v) is 8.82. The number of carbonyl (C=O) groups excluding carboxylic acids is 1. The summed E-state index contributed by atoms with van der Waals surface area (Å²) in [5.41, 5.74) is -0.829. The van der Waals surface area contributed by atoms with Crippen LogP contribution in [0, 0.1) is 24.7 Å². The van der Waals surface area contributed by atoms with Crippen LogP contribution in [-0.4, -0.2) is 29.4 Å². The molecule has 1 saturated carbocycles. The van der Waals surface area contributed by atoms with Gasteiger partial charge in [0.25, 0.3) is 0 Å². The van der Waals surface area contributed by atoms with Crippen LogP contribution in [0.5, 0.6) is 0 Å². The zero-order chi connectivity index (χ0) is 21.3. The molecule has 30 heavy (non-hydrogen) atoms. The Morgan fingerprint density at radius 1 is 1.10 bits per heavy atom. The second kappa shape index (κ2) is 8.44. The predicted molar refractivity (Wildman–Crippen MR) is 115 cm³/mol. The average Bonchev–Trinajstić information content (AvgIpc) is 3.58. The first kappa shape index (κ1) is 21.0. The lowest BCUT2D eigenvalue weighted by Gasteiger charge is -2.31. The molecule has 4 nitrogen and oxygen atoms in total. The number of benzene rings is 2. The fourth-order valence-electron chi connectivity index (χ4n) is 4.88. The van der Waals surface area contributed by atoms with Crippen molar-refractivity contribution < 1.29 is 19.4 Å². The molecule has 2 aromatic carbocycles. The molecule has 1 N–H and O–H groups in total. The second-order valence-electron chi connectivity index (χ2n) is 8.82. The molecule has 1 heterocycles. The lowest BCUT2D eigenvalue weighted by atomic mass is 9.84. The molecule has 0 amide bonds. The molecule has 6 atom stereocenters. The highest BCUT2D eigenvalue weighted by molar-refractivity contribution is 5.85. The van der Waals surface area contributed by atoms with E-state index in [1.807, 2.05) is 36.4 Å². The van der Waals surface area contributed by atoms with Gasteiger partial charge in [0.15, 0.2) is 0 Å². The molecule has 0 bridgehead atoms. The van der Waals surface area contributed by atoms with Crippen molar-refractivity contribution in [2.75, 3.05) is 0 Å². The molecule has 158 valence electrons. The molecule has 2 aromatic rings. The number of esters is 1. The molecular formula is C26H31O4+. The van der Waals surface area contributed by atoms with Crippen LogP contribution in [0.2, 0.25) is 0 Å². The van der Waals surface area contributed by atoms with Crippen LogP contribution < -0.4 is 0 Å². The summed E-state index contributed by atoms with van der Waals surface area (Å²) >= 11 is 0. The first-order valence-electron chi connectivity index (χ1n) is 11.0. The minimum absolute atomic E-state index is 0.216. The Morgan fingerprint density at radius 2 is 1.67 bits per heavy atom. The fourth-order valence-corrected chi connectivity index (χ4v) is 4.88. The number of hydrogen-bond acceptors (Lipinski definition) is 4. The van der Waals surface area contributed by atoms with Gasteiger partial charge in [-0.25, -0.2) is 4.79 Å². The summed E-state index contributed by atoms with van der Waals surface area (Å²) in [6, 6.07) is 18.1. The summed E-state index contributed by atoms with van der Waals surface area (Å²) in [4.78, 5) is 13.5. The molecule has 2 aliphatic rings. The van der Waals surface area contributed by atoms with E-state index in [0.717, 1.165) is 19.3 Å². The van der Waals surface area contributed by atoms with Gasteiger partial charge in [0.05, 0.1) is 19.1 Å². The molecule has 1 aliphatic carbocycles. The number of aliphatic hydroxyl groups is 1. The van der Waals surface area contributed by atoms with Gasteiger partial charge in [-0.1, -0.05) is 74.5 Å². The maximum atomic E-state index is 13.5. The number of hydrogen-bond donors (Lipinski definition) is 1. The molecule has 0 radical (unpaired) electrons. The molecular weight excluding hydrogens is 376 g/mol. The number of carbonyl (C=O) groups is 1. The summed E-state index contributed by atoms with van der Waals surface area (Å²) in [5, 5.41) is 11.7. The van der Waals surface area contributed by atoms with Crippen molar-refractivity contribution in [3.05, 3.63) is 78.7 Å². The highest BCUT2D eigenvalue weighted by Gasteiger charge is 2.55. The number of epoxide rings is 1. The van der Waals surface area contributed by atoms with Crippen LogP contribution >= 0.6 is 0 Å². The summed E-state index contributed by atoms with van der Waals surface area (Å²) in [6.45, 7) is 8.60. The third-order valence-corrected chi connectivity index (χ3v) is 6.80. The molecule has 1 aliphatic heterocycles. The Labute approximate surface area is 179 Å². The Bertz CT molecular complexity index is 810. The number of fused-ring (bicyclic) bond motifs is 1. The van der Waals surface area contributed by atoms with Gasteiger partial charge in [0.1, 0.15) is 12.0 Å². The monoisotopic (exact) mass is 407 g/mol. The molecule has 4 heteroatoms. The van der Waals surface area contributed by atoms with Crippen LogP contribution in [0.15, 0.2) is 60.7 Å². The first-order valence-corrected chi connectivity index (χ1v) is 11.0. The van der Waals surface area contributed by atoms with Gasteiger partial charge in [0, 0.05) is 5.92 Å². The van der Waals surface area contributed by atoms with Crippen molar-refractivity contribution in [3.8, 4) is 0 Å². The van der Waals surface area contributed by atoms with Gasteiger partial charge in [-0.2, -0.15) is 0 Å². The zero-order valence-electron chi connectivity index (χ0n) is 17.7. The normalized spacial score (nSPS) is 29.4. The van der Waals surface area contributed by atoms with Crippen molar-refractivity contribution in [3.63, 3.8) is 0 Å². The third kappa shape index (κ3) is 3.86. The van der Waals surface area contributed by atoms with E-state index >= 15 is 0 Å². The lowest BCUT2D eigenvalue weighted by molar-refractivity contribution is -0.170. The standard InChI is InChI=1S/C26H31O4/c1-4-17(2)22-16-21(15-18(3)23-24(22)30-23)29-25(27)26(28,19-11-7-5-8-12-19)20-13-9-6-10-14-20/h5-14,17-18,21-24,28H,2,4,15-16H2,1,3H3/q+1. The van der Waals surface area contributed by atoms with Crippen molar-refractivity contribution in [1.29, 1.82) is 0 Å². The fraction of sp³-hybridized carbons (Fsp3) is 0.462. The molecule has 6 unspecified atom stereocenters. The van der Waals surface area contributed by atoms with Crippen LogP contribution in [0.25, 0.3) is 0 Å². The number of ether oxygens (including phenoxy) is 2. The summed E-state index contributed by atoms with van der Waals surface area (Å²) in [6.07, 6.45) is 2.61. The van der Waals surface area contributed by atoms with Gasteiger partial charge in [0.2, 0.25) is 5.60 Å². The largest absolute Gasteiger partial charge is 0.460 e. The number of rotatable bonds is 6. The van der Waals surface area contributed by atoms with Crippen molar-refractivity contribution in [1.82, 2.24) is 0 Å². The average molecular weight is 408 g/mol. The van der Waals surface area contributed by atoms with Gasteiger partial charge in [-0.3, -0.25) is 0 Å². The summed E-state index contributed by atoms with van der Waals surface area (Å²) in [7, 11) is 0. The smallest absolute Gasteiger partial charge is 0.347 e. The lowest BCUT2D eigenvalue weighted by Crippen LogP contribution is -2.41. The van der Waals surface area contributed by atoms with Gasteiger partial charge >= 0.3 is 5.97 Å². The topological polar surface area (TPSA) is 59.1 Å². The highest BCUT2D eigenvalue weighted by Crippen LogP contribution is 2.46. The van der Waals surface area contributed by atoms with Crippen LogP contribution in [0.3, 0.4) is 0 Å². The van der Waals surface area contributed by atoms with Crippen LogP contribution in [0.4, 0.5) is 0 Å². The predicted octanol–water partition coefficient (Wildman–Crippen LogP) is 4.51. The van der Waals surface area contributed by atoms with Gasteiger partial charge in [-0.15, -0.1) is 0 Å². The van der Waals surface area contributed by atoms with E-state index in [1.165, 1.54) is 0 Å². The first-order chi connectivity index (χ1) is 14.4. The van der Waals surface area contributed by atoms with E-state index in [1.54, 1.807) is 24.3 Å².